The topological polar surface area (TPSA) is 17.1 Å². The van der Waals surface area contributed by atoms with Crippen molar-refractivity contribution in [1.29, 1.82) is 0 Å². The van der Waals surface area contributed by atoms with Crippen LogP contribution in [0.4, 0.5) is 4.39 Å². The third-order valence-corrected chi connectivity index (χ3v) is 1.83. The summed E-state index contributed by atoms with van der Waals surface area (Å²) in [5, 5.41) is 0. The van der Waals surface area contributed by atoms with Crippen LogP contribution in [0.15, 0.2) is 36.2 Å². The molecule has 0 aromatic rings. The molecule has 0 heterocycles. The number of carbonyl (C=O) groups is 1. The first kappa shape index (κ1) is 12.8. The predicted molar refractivity (Wildman–Crippen MR) is 57.7 cm³/mol. The number of carbonyl (C=O) groups excluding carboxylic acids is 1. The van der Waals surface area contributed by atoms with E-state index in [1.165, 1.54) is 6.08 Å². The lowest BCUT2D eigenvalue weighted by Crippen LogP contribution is -1.91. The summed E-state index contributed by atoms with van der Waals surface area (Å²) in [4.78, 5) is 10.7. The maximum absolute atomic E-state index is 13.1. The van der Waals surface area contributed by atoms with Crippen LogP contribution in [-0.2, 0) is 4.79 Å². The zero-order valence-corrected chi connectivity index (χ0v) is 8.85. The highest BCUT2D eigenvalue weighted by Gasteiger charge is 2.01. The molecule has 14 heavy (non-hydrogen) atoms. The Morgan fingerprint density at radius 1 is 1.43 bits per heavy atom. The van der Waals surface area contributed by atoms with Crippen molar-refractivity contribution < 1.29 is 9.18 Å². The third kappa shape index (κ3) is 5.46. The van der Waals surface area contributed by atoms with E-state index < -0.39 is 0 Å². The first-order valence-electron chi connectivity index (χ1n) is 4.75. The van der Waals surface area contributed by atoms with E-state index in [-0.39, 0.29) is 11.6 Å². The summed E-state index contributed by atoms with van der Waals surface area (Å²) in [6.45, 7) is 6.75. The summed E-state index contributed by atoms with van der Waals surface area (Å²) < 4.78 is 13.1. The number of hydrogen-bond acceptors (Lipinski definition) is 1. The molecule has 0 saturated heterocycles. The van der Waals surface area contributed by atoms with Gasteiger partial charge in [-0.2, -0.15) is 0 Å². The van der Waals surface area contributed by atoms with Crippen molar-refractivity contribution in [2.75, 3.05) is 0 Å². The van der Waals surface area contributed by atoms with Gasteiger partial charge >= 0.3 is 0 Å². The van der Waals surface area contributed by atoms with Gasteiger partial charge in [-0.25, -0.2) is 4.39 Å². The second-order valence-corrected chi connectivity index (χ2v) is 3.13. The molecule has 0 fully saturated rings. The fraction of sp³-hybridized carbons (Fsp3) is 0.417. The summed E-state index contributed by atoms with van der Waals surface area (Å²) in [5.41, 5.74) is 0.615. The largest absolute Gasteiger partial charge is 0.300 e. The average Bonchev–Trinajstić information content (AvgIpc) is 2.15. The summed E-state index contributed by atoms with van der Waals surface area (Å²) >= 11 is 0. The van der Waals surface area contributed by atoms with Gasteiger partial charge in [-0.05, 0) is 38.3 Å². The molecule has 0 radical (unpaired) electrons. The molecule has 0 aromatic heterocycles. The van der Waals surface area contributed by atoms with Crippen molar-refractivity contribution in [3.63, 3.8) is 0 Å². The molecule has 0 aliphatic rings. The Balaban J connectivity index is 4.25. The van der Waals surface area contributed by atoms with Gasteiger partial charge in [0.15, 0.2) is 0 Å². The van der Waals surface area contributed by atoms with Crippen LogP contribution in [0, 0.1) is 0 Å². The first-order chi connectivity index (χ1) is 6.61. The van der Waals surface area contributed by atoms with Gasteiger partial charge in [0.2, 0.25) is 0 Å². The van der Waals surface area contributed by atoms with Gasteiger partial charge in [0, 0.05) is 6.42 Å². The van der Waals surface area contributed by atoms with Gasteiger partial charge < -0.3 is 4.79 Å². The Hall–Kier alpha value is -1.18. The number of ketones is 1. The summed E-state index contributed by atoms with van der Waals surface area (Å²) in [5.74, 6) is -0.157. The summed E-state index contributed by atoms with van der Waals surface area (Å²) in [6, 6.07) is 0. The van der Waals surface area contributed by atoms with Crippen LogP contribution in [0.5, 0.6) is 0 Å². The predicted octanol–water partition coefficient (Wildman–Crippen LogP) is 3.73. The van der Waals surface area contributed by atoms with Crippen molar-refractivity contribution >= 4 is 5.78 Å². The molecule has 78 valence electrons. The van der Waals surface area contributed by atoms with Crippen molar-refractivity contribution in [2.24, 2.45) is 0 Å². The molecule has 0 N–H and O–H groups in total. The highest BCUT2D eigenvalue weighted by atomic mass is 19.1. The second-order valence-electron chi connectivity index (χ2n) is 3.13. The molecule has 0 aliphatic carbocycles. The molecule has 0 amide bonds. The molecule has 0 bridgehead atoms. The number of allylic oxidation sites excluding steroid dienone is 5. The molecule has 0 rings (SSSR count). The molecule has 0 saturated carbocycles. The van der Waals surface area contributed by atoms with Crippen LogP contribution in [-0.4, -0.2) is 5.78 Å². The minimum Gasteiger partial charge on any atom is -0.300 e. The number of rotatable bonds is 6. The van der Waals surface area contributed by atoms with E-state index >= 15 is 0 Å². The van der Waals surface area contributed by atoms with E-state index in [0.717, 1.165) is 0 Å². The minimum atomic E-state index is -0.299. The van der Waals surface area contributed by atoms with Crippen LogP contribution in [0.3, 0.4) is 0 Å². The standard InChI is InChI=1S/C12H17FO/c1-4-7-11(12(13)5-2)9-6-8-10(3)14/h4-5,7H,2,6,8-9H2,1,3H3. The van der Waals surface area contributed by atoms with Gasteiger partial charge in [-0.1, -0.05) is 18.7 Å². The molecule has 0 unspecified atom stereocenters. The maximum Gasteiger partial charge on any atom is 0.129 e. The fourth-order valence-electron chi connectivity index (χ4n) is 1.14. The van der Waals surface area contributed by atoms with Gasteiger partial charge in [0.05, 0.1) is 0 Å². The third-order valence-electron chi connectivity index (χ3n) is 1.83. The van der Waals surface area contributed by atoms with Crippen LogP contribution in [0.25, 0.3) is 0 Å². The van der Waals surface area contributed by atoms with Gasteiger partial charge in [0.1, 0.15) is 11.6 Å². The van der Waals surface area contributed by atoms with Crippen molar-refractivity contribution in [1.82, 2.24) is 0 Å². The normalized spacial score (nSPS) is 12.8. The van der Waals surface area contributed by atoms with Crippen molar-refractivity contribution in [2.45, 2.75) is 33.1 Å². The van der Waals surface area contributed by atoms with Crippen LogP contribution in [0.1, 0.15) is 33.1 Å². The Bertz CT molecular complexity index is 261. The highest BCUT2D eigenvalue weighted by molar-refractivity contribution is 5.75. The van der Waals surface area contributed by atoms with E-state index in [1.54, 1.807) is 19.1 Å². The fourth-order valence-corrected chi connectivity index (χ4v) is 1.14. The molecular weight excluding hydrogens is 179 g/mol. The number of Topliss-reactive ketones (excluding diaryl/α,β-unsaturated/α-hetero) is 1. The SMILES string of the molecule is C=CC(F)=C(C=CC)CCCC(C)=O. The summed E-state index contributed by atoms with van der Waals surface area (Å²) in [6.07, 6.45) is 6.48. The van der Waals surface area contributed by atoms with E-state index in [2.05, 4.69) is 6.58 Å². The Labute approximate surface area is 85.0 Å². The van der Waals surface area contributed by atoms with Crippen LogP contribution < -0.4 is 0 Å². The molecule has 0 aliphatic heterocycles. The van der Waals surface area contributed by atoms with Crippen LogP contribution >= 0.6 is 0 Å². The molecule has 2 heteroatoms. The van der Waals surface area contributed by atoms with Crippen molar-refractivity contribution in [3.05, 3.63) is 36.2 Å². The molecule has 0 atom stereocenters. The first-order valence-corrected chi connectivity index (χ1v) is 4.75. The lowest BCUT2D eigenvalue weighted by atomic mass is 10.1. The maximum atomic E-state index is 13.1. The second kappa shape index (κ2) is 7.25. The Morgan fingerprint density at radius 2 is 2.07 bits per heavy atom. The van der Waals surface area contributed by atoms with Gasteiger partial charge in [-0.3, -0.25) is 0 Å². The van der Waals surface area contributed by atoms with Gasteiger partial charge in [-0.15, -0.1) is 0 Å². The molecular formula is C12H17FO. The lowest BCUT2D eigenvalue weighted by Gasteiger charge is -2.01. The quantitative estimate of drug-likeness (QED) is 0.591. The zero-order chi connectivity index (χ0) is 11.0. The monoisotopic (exact) mass is 196 g/mol. The number of hydrogen-bond donors (Lipinski definition) is 0. The molecule has 1 nitrogen and oxygen atoms in total. The number of halogens is 1. The lowest BCUT2D eigenvalue weighted by molar-refractivity contribution is -0.117. The van der Waals surface area contributed by atoms with E-state index in [9.17, 15) is 9.18 Å². The van der Waals surface area contributed by atoms with Crippen molar-refractivity contribution in [3.8, 4) is 0 Å². The Morgan fingerprint density at radius 3 is 2.50 bits per heavy atom. The van der Waals surface area contributed by atoms with E-state index in [0.29, 0.717) is 24.8 Å². The highest BCUT2D eigenvalue weighted by Crippen LogP contribution is 2.16. The zero-order valence-electron chi connectivity index (χ0n) is 8.85. The molecule has 0 spiro atoms. The average molecular weight is 196 g/mol. The van der Waals surface area contributed by atoms with E-state index in [4.69, 9.17) is 0 Å². The van der Waals surface area contributed by atoms with Gasteiger partial charge in [0.25, 0.3) is 0 Å². The Kier molecular flexibility index (Phi) is 6.63. The van der Waals surface area contributed by atoms with E-state index in [1.807, 2.05) is 6.92 Å². The summed E-state index contributed by atoms with van der Waals surface area (Å²) in [7, 11) is 0. The minimum absolute atomic E-state index is 0.142. The molecule has 0 aromatic carbocycles. The smallest absolute Gasteiger partial charge is 0.129 e. The van der Waals surface area contributed by atoms with Crippen LogP contribution in [0.2, 0.25) is 0 Å².